The van der Waals surface area contributed by atoms with Gasteiger partial charge in [-0.25, -0.2) is 4.79 Å². The van der Waals surface area contributed by atoms with Crippen LogP contribution in [0.15, 0.2) is 29.1 Å². The summed E-state index contributed by atoms with van der Waals surface area (Å²) in [6, 6.07) is 7.48. The fourth-order valence-electron chi connectivity index (χ4n) is 2.65. The molecule has 0 bridgehead atoms. The molecule has 0 radical (unpaired) electrons. The van der Waals surface area contributed by atoms with Crippen LogP contribution in [0.5, 0.6) is 0 Å². The summed E-state index contributed by atoms with van der Waals surface area (Å²) in [6.45, 7) is 4.49. The summed E-state index contributed by atoms with van der Waals surface area (Å²) >= 11 is 1.37. The second-order valence-corrected chi connectivity index (χ2v) is 6.46. The van der Waals surface area contributed by atoms with Crippen molar-refractivity contribution >= 4 is 33.4 Å². The Hall–Kier alpha value is -2.48. The molecule has 126 valence electrons. The quantitative estimate of drug-likeness (QED) is 0.743. The molecule has 0 aliphatic carbocycles. The van der Waals surface area contributed by atoms with E-state index >= 15 is 0 Å². The van der Waals surface area contributed by atoms with Crippen LogP contribution in [0.25, 0.3) is 11.0 Å². The van der Waals surface area contributed by atoms with Gasteiger partial charge >= 0.3 is 5.69 Å². The number of hydrogen-bond donors (Lipinski definition) is 1. The van der Waals surface area contributed by atoms with E-state index in [2.05, 4.69) is 22.4 Å². The standard InChI is InChI=1S/C16H19N5O2S/c1-3-7-14-18-19-15(24-14)17-13(22)10-21-12-9-6-5-8-11(12)20(4-2)16(21)23/h5-6,8-9H,3-4,7,10H2,1-2H3,(H,17,19,22). The van der Waals surface area contributed by atoms with Gasteiger partial charge in [-0.05, 0) is 25.5 Å². The Balaban J connectivity index is 1.82. The lowest BCUT2D eigenvalue weighted by molar-refractivity contribution is -0.116. The predicted molar refractivity (Wildman–Crippen MR) is 94.4 cm³/mol. The van der Waals surface area contributed by atoms with Crippen molar-refractivity contribution in [2.24, 2.45) is 0 Å². The zero-order valence-corrected chi connectivity index (χ0v) is 14.5. The fraction of sp³-hybridized carbons (Fsp3) is 0.375. The second kappa shape index (κ2) is 6.96. The minimum Gasteiger partial charge on any atom is -0.299 e. The van der Waals surface area contributed by atoms with Gasteiger partial charge in [0.05, 0.1) is 11.0 Å². The van der Waals surface area contributed by atoms with Crippen LogP contribution in [-0.4, -0.2) is 25.2 Å². The van der Waals surface area contributed by atoms with E-state index in [4.69, 9.17) is 0 Å². The van der Waals surface area contributed by atoms with Crippen molar-refractivity contribution in [3.8, 4) is 0 Å². The van der Waals surface area contributed by atoms with Crippen molar-refractivity contribution in [1.82, 2.24) is 19.3 Å². The average Bonchev–Trinajstić information content (AvgIpc) is 3.11. The number of anilines is 1. The number of carbonyl (C=O) groups excluding carboxylic acids is 1. The third-order valence-electron chi connectivity index (χ3n) is 3.72. The largest absolute Gasteiger partial charge is 0.329 e. The SMILES string of the molecule is CCCc1nnc(NC(=O)Cn2c(=O)n(CC)c3ccccc32)s1. The Kier molecular flexibility index (Phi) is 4.75. The number of hydrogen-bond acceptors (Lipinski definition) is 5. The van der Waals surface area contributed by atoms with Gasteiger partial charge in [-0.15, -0.1) is 10.2 Å². The van der Waals surface area contributed by atoms with E-state index < -0.39 is 0 Å². The Morgan fingerprint density at radius 3 is 2.54 bits per heavy atom. The lowest BCUT2D eigenvalue weighted by atomic mass is 10.3. The van der Waals surface area contributed by atoms with Crippen LogP contribution < -0.4 is 11.0 Å². The van der Waals surface area contributed by atoms with Crippen LogP contribution in [0.2, 0.25) is 0 Å². The molecule has 3 rings (SSSR count). The van der Waals surface area contributed by atoms with Crippen LogP contribution in [-0.2, 0) is 24.3 Å². The van der Waals surface area contributed by atoms with E-state index in [1.54, 1.807) is 4.57 Å². The second-order valence-electron chi connectivity index (χ2n) is 5.40. The molecule has 0 fully saturated rings. The normalized spacial score (nSPS) is 11.1. The first-order valence-corrected chi connectivity index (χ1v) is 8.76. The Bertz CT molecular complexity index is 924. The van der Waals surface area contributed by atoms with Gasteiger partial charge < -0.3 is 0 Å². The molecule has 1 aromatic carbocycles. The zero-order chi connectivity index (χ0) is 17.1. The number of aromatic nitrogens is 4. The summed E-state index contributed by atoms with van der Waals surface area (Å²) < 4.78 is 3.15. The number of amides is 1. The monoisotopic (exact) mass is 345 g/mol. The van der Waals surface area contributed by atoms with Gasteiger partial charge in [0.25, 0.3) is 0 Å². The molecule has 2 heterocycles. The number of para-hydroxylation sites is 2. The van der Waals surface area contributed by atoms with Crippen molar-refractivity contribution in [3.63, 3.8) is 0 Å². The molecule has 0 atom stereocenters. The van der Waals surface area contributed by atoms with E-state index in [1.165, 1.54) is 15.9 Å². The highest BCUT2D eigenvalue weighted by molar-refractivity contribution is 7.15. The number of aryl methyl sites for hydroxylation is 2. The molecular formula is C16H19N5O2S. The number of benzene rings is 1. The number of nitrogens with one attached hydrogen (secondary N) is 1. The number of nitrogens with zero attached hydrogens (tertiary/aromatic N) is 4. The highest BCUT2D eigenvalue weighted by Gasteiger charge is 2.15. The topological polar surface area (TPSA) is 81.8 Å². The highest BCUT2D eigenvalue weighted by Crippen LogP contribution is 2.17. The molecule has 0 saturated heterocycles. The third-order valence-corrected chi connectivity index (χ3v) is 4.62. The van der Waals surface area contributed by atoms with Crippen LogP contribution in [0.4, 0.5) is 5.13 Å². The van der Waals surface area contributed by atoms with Gasteiger partial charge in [0.2, 0.25) is 11.0 Å². The molecule has 0 aliphatic rings. The summed E-state index contributed by atoms with van der Waals surface area (Å²) in [6.07, 6.45) is 1.82. The van der Waals surface area contributed by atoms with E-state index in [0.29, 0.717) is 11.7 Å². The molecular weight excluding hydrogens is 326 g/mol. The first-order chi connectivity index (χ1) is 11.6. The van der Waals surface area contributed by atoms with Gasteiger partial charge in [0.1, 0.15) is 11.6 Å². The van der Waals surface area contributed by atoms with Crippen LogP contribution in [0, 0.1) is 0 Å². The molecule has 1 amide bonds. The molecule has 0 unspecified atom stereocenters. The van der Waals surface area contributed by atoms with E-state index in [9.17, 15) is 9.59 Å². The Morgan fingerprint density at radius 2 is 1.88 bits per heavy atom. The van der Waals surface area contributed by atoms with E-state index in [0.717, 1.165) is 28.9 Å². The van der Waals surface area contributed by atoms with Gasteiger partial charge in [-0.3, -0.25) is 19.2 Å². The fourth-order valence-corrected chi connectivity index (χ4v) is 3.51. The molecule has 1 N–H and O–H groups in total. The molecule has 24 heavy (non-hydrogen) atoms. The lowest BCUT2D eigenvalue weighted by Crippen LogP contribution is -2.29. The highest BCUT2D eigenvalue weighted by atomic mass is 32.1. The maximum absolute atomic E-state index is 12.5. The Morgan fingerprint density at radius 1 is 1.17 bits per heavy atom. The summed E-state index contributed by atoms with van der Waals surface area (Å²) in [5.74, 6) is -0.282. The van der Waals surface area contributed by atoms with Crippen LogP contribution in [0.3, 0.4) is 0 Å². The van der Waals surface area contributed by atoms with Gasteiger partial charge in [-0.2, -0.15) is 0 Å². The lowest BCUT2D eigenvalue weighted by Gasteiger charge is -2.03. The van der Waals surface area contributed by atoms with Crippen molar-refractivity contribution in [1.29, 1.82) is 0 Å². The van der Waals surface area contributed by atoms with Gasteiger partial charge in [0.15, 0.2) is 0 Å². The summed E-state index contributed by atoms with van der Waals surface area (Å²) in [4.78, 5) is 24.8. The molecule has 3 aromatic rings. The van der Waals surface area contributed by atoms with Crippen LogP contribution >= 0.6 is 11.3 Å². The maximum Gasteiger partial charge on any atom is 0.329 e. The third kappa shape index (κ3) is 3.09. The molecule has 7 nitrogen and oxygen atoms in total. The number of imidazole rings is 1. The summed E-state index contributed by atoms with van der Waals surface area (Å²) in [5, 5.41) is 12.1. The van der Waals surface area contributed by atoms with E-state index in [1.807, 2.05) is 31.2 Å². The van der Waals surface area contributed by atoms with Gasteiger partial charge in [-0.1, -0.05) is 30.4 Å². The van der Waals surface area contributed by atoms with Crippen LogP contribution in [0.1, 0.15) is 25.3 Å². The molecule has 0 aliphatic heterocycles. The number of carbonyl (C=O) groups is 1. The molecule has 2 aromatic heterocycles. The van der Waals surface area contributed by atoms with Crippen molar-refractivity contribution in [3.05, 3.63) is 39.8 Å². The van der Waals surface area contributed by atoms with Crippen molar-refractivity contribution < 1.29 is 4.79 Å². The Labute approximate surface area is 142 Å². The zero-order valence-electron chi connectivity index (χ0n) is 13.7. The maximum atomic E-state index is 12.5. The summed E-state index contributed by atoms with van der Waals surface area (Å²) in [5.41, 5.74) is 1.40. The average molecular weight is 345 g/mol. The van der Waals surface area contributed by atoms with E-state index in [-0.39, 0.29) is 18.1 Å². The molecule has 0 spiro atoms. The van der Waals surface area contributed by atoms with Crippen molar-refractivity contribution in [2.45, 2.75) is 39.8 Å². The molecule has 0 saturated carbocycles. The van der Waals surface area contributed by atoms with Gasteiger partial charge in [0, 0.05) is 13.0 Å². The smallest absolute Gasteiger partial charge is 0.299 e. The first kappa shape index (κ1) is 16.4. The minimum absolute atomic E-state index is 0.0466. The first-order valence-electron chi connectivity index (χ1n) is 7.94. The predicted octanol–water partition coefficient (Wildman–Crippen LogP) is 2.27. The summed E-state index contributed by atoms with van der Waals surface area (Å²) in [7, 11) is 0. The number of fused-ring (bicyclic) bond motifs is 1. The number of rotatable bonds is 6. The molecule has 8 heteroatoms. The minimum atomic E-state index is -0.282. The van der Waals surface area contributed by atoms with Crippen molar-refractivity contribution in [2.75, 3.05) is 5.32 Å².